The largest absolute Gasteiger partial charge is 0.381 e. The van der Waals surface area contributed by atoms with E-state index in [0.29, 0.717) is 6.42 Å². The number of hydrogen-bond acceptors (Lipinski definition) is 3. The first-order valence-electron chi connectivity index (χ1n) is 7.16. The molecule has 1 saturated carbocycles. The van der Waals surface area contributed by atoms with Gasteiger partial charge in [-0.15, -0.1) is 0 Å². The summed E-state index contributed by atoms with van der Waals surface area (Å²) in [7, 11) is -3.25. The summed E-state index contributed by atoms with van der Waals surface area (Å²) in [5, 5.41) is 4.93. The first kappa shape index (κ1) is 15.9. The van der Waals surface area contributed by atoms with Crippen molar-refractivity contribution in [1.29, 1.82) is 0 Å². The van der Waals surface area contributed by atoms with Gasteiger partial charge in [-0.1, -0.05) is 32.1 Å². The molecular weight excluding hydrogens is 250 g/mol. The summed E-state index contributed by atoms with van der Waals surface area (Å²) >= 11 is 0. The summed E-state index contributed by atoms with van der Waals surface area (Å²) in [6.45, 7) is 1.87. The van der Waals surface area contributed by atoms with E-state index in [-0.39, 0.29) is 5.75 Å². The van der Waals surface area contributed by atoms with Crippen LogP contribution in [0.2, 0.25) is 0 Å². The third-order valence-electron chi connectivity index (χ3n) is 3.27. The monoisotopic (exact) mass is 277 g/mol. The van der Waals surface area contributed by atoms with Gasteiger partial charge in [-0.3, -0.25) is 0 Å². The van der Waals surface area contributed by atoms with Crippen LogP contribution in [0.3, 0.4) is 0 Å². The molecule has 108 valence electrons. The molecule has 1 aliphatic rings. The molecular formula is C13H27NO3S. The van der Waals surface area contributed by atoms with E-state index >= 15 is 0 Å². The van der Waals surface area contributed by atoms with E-state index in [9.17, 15) is 8.42 Å². The lowest BCUT2D eigenvalue weighted by Gasteiger charge is -2.03. The Morgan fingerprint density at radius 2 is 1.50 bits per heavy atom. The number of hydrogen-bond donors (Lipinski definition) is 1. The van der Waals surface area contributed by atoms with E-state index in [4.69, 9.17) is 9.88 Å². The Morgan fingerprint density at radius 1 is 0.944 bits per heavy atom. The maximum atomic E-state index is 10.7. The Hall–Kier alpha value is -0.130. The molecule has 1 rings (SSSR count). The topological polar surface area (TPSA) is 69.4 Å². The van der Waals surface area contributed by atoms with Crippen molar-refractivity contribution in [3.63, 3.8) is 0 Å². The van der Waals surface area contributed by atoms with Gasteiger partial charge in [-0.25, -0.2) is 13.6 Å². The Kier molecular flexibility index (Phi) is 7.86. The molecule has 0 aliphatic heterocycles. The molecule has 0 aromatic carbocycles. The molecule has 1 fully saturated rings. The van der Waals surface area contributed by atoms with Gasteiger partial charge in [0.25, 0.3) is 0 Å². The second-order valence-electron chi connectivity index (χ2n) is 5.36. The summed E-state index contributed by atoms with van der Waals surface area (Å²) in [5.74, 6) is 0.992. The number of sulfonamides is 1. The molecule has 0 aromatic heterocycles. The van der Waals surface area contributed by atoms with Crippen LogP contribution < -0.4 is 5.14 Å². The molecule has 0 atom stereocenters. The average molecular weight is 277 g/mol. The summed E-state index contributed by atoms with van der Waals surface area (Å²) in [6, 6.07) is 0. The van der Waals surface area contributed by atoms with E-state index in [2.05, 4.69) is 0 Å². The van der Waals surface area contributed by atoms with Crippen LogP contribution in [0.4, 0.5) is 0 Å². The zero-order valence-corrected chi connectivity index (χ0v) is 12.1. The molecule has 0 bridgehead atoms. The van der Waals surface area contributed by atoms with Gasteiger partial charge < -0.3 is 4.74 Å². The molecule has 0 radical (unpaired) electrons. The van der Waals surface area contributed by atoms with Gasteiger partial charge in [0, 0.05) is 13.2 Å². The van der Waals surface area contributed by atoms with Crippen molar-refractivity contribution in [3.05, 3.63) is 0 Å². The molecule has 18 heavy (non-hydrogen) atoms. The predicted molar refractivity (Wildman–Crippen MR) is 73.8 cm³/mol. The molecule has 4 nitrogen and oxygen atoms in total. The van der Waals surface area contributed by atoms with Gasteiger partial charge in [-0.2, -0.15) is 0 Å². The van der Waals surface area contributed by atoms with Crippen molar-refractivity contribution in [1.82, 2.24) is 0 Å². The van der Waals surface area contributed by atoms with Crippen molar-refractivity contribution in [2.45, 2.75) is 57.8 Å². The number of nitrogens with two attached hydrogens (primary N) is 1. The first-order valence-corrected chi connectivity index (χ1v) is 8.88. The smallest absolute Gasteiger partial charge is 0.209 e. The zero-order valence-electron chi connectivity index (χ0n) is 11.3. The minimum absolute atomic E-state index is 0.127. The zero-order chi connectivity index (χ0) is 13.3. The predicted octanol–water partition coefficient (Wildman–Crippen LogP) is 2.43. The van der Waals surface area contributed by atoms with Crippen LogP contribution >= 0.6 is 0 Å². The van der Waals surface area contributed by atoms with Gasteiger partial charge in [0.05, 0.1) is 5.75 Å². The molecule has 0 saturated heterocycles. The molecule has 5 heteroatoms. The van der Waals surface area contributed by atoms with Crippen LogP contribution in [0, 0.1) is 5.92 Å². The molecule has 0 aromatic rings. The Morgan fingerprint density at radius 3 is 2.06 bits per heavy atom. The summed E-state index contributed by atoms with van der Waals surface area (Å²) in [4.78, 5) is 0. The third-order valence-corrected chi connectivity index (χ3v) is 4.13. The van der Waals surface area contributed by atoms with E-state index in [1.165, 1.54) is 32.1 Å². The lowest BCUT2D eigenvalue weighted by atomic mass is 10.1. The highest BCUT2D eigenvalue weighted by Gasteiger charge is 2.20. The van der Waals surface area contributed by atoms with Crippen molar-refractivity contribution in [2.75, 3.05) is 19.0 Å². The quantitative estimate of drug-likeness (QED) is 0.557. The number of unbranched alkanes of at least 4 members (excludes halogenated alkanes) is 6. The molecule has 0 amide bonds. The fourth-order valence-electron chi connectivity index (χ4n) is 1.93. The Labute approximate surface area is 111 Å². The Balaban J connectivity index is 1.70. The highest BCUT2D eigenvalue weighted by molar-refractivity contribution is 7.89. The summed E-state index contributed by atoms with van der Waals surface area (Å²) < 4.78 is 26.9. The van der Waals surface area contributed by atoms with Gasteiger partial charge in [0.2, 0.25) is 10.0 Å². The first-order chi connectivity index (χ1) is 8.58. The van der Waals surface area contributed by atoms with E-state index < -0.39 is 10.0 Å². The number of primary sulfonamides is 1. The average Bonchev–Trinajstić information content (AvgIpc) is 3.08. The van der Waals surface area contributed by atoms with Crippen LogP contribution in [0.5, 0.6) is 0 Å². The van der Waals surface area contributed by atoms with Crippen LogP contribution in [-0.2, 0) is 14.8 Å². The van der Waals surface area contributed by atoms with Gasteiger partial charge in [0.15, 0.2) is 0 Å². The van der Waals surface area contributed by atoms with Crippen LogP contribution in [0.15, 0.2) is 0 Å². The van der Waals surface area contributed by atoms with Crippen molar-refractivity contribution in [3.8, 4) is 0 Å². The second kappa shape index (κ2) is 8.88. The fraction of sp³-hybridized carbons (Fsp3) is 1.00. The minimum Gasteiger partial charge on any atom is -0.381 e. The van der Waals surface area contributed by atoms with E-state index in [0.717, 1.165) is 38.4 Å². The number of rotatable bonds is 12. The van der Waals surface area contributed by atoms with Crippen LogP contribution in [-0.4, -0.2) is 27.4 Å². The lowest BCUT2D eigenvalue weighted by molar-refractivity contribution is 0.120. The SMILES string of the molecule is NS(=O)(=O)CCCCCCCCCOCC1CC1. The standard InChI is InChI=1S/C13H27NO3S/c14-18(15,16)11-7-5-3-1-2-4-6-10-17-12-13-8-9-13/h13H,1-12H2,(H2,14,15,16). The van der Waals surface area contributed by atoms with Gasteiger partial charge >= 0.3 is 0 Å². The summed E-state index contributed by atoms with van der Waals surface area (Å²) in [5.41, 5.74) is 0. The maximum absolute atomic E-state index is 10.7. The van der Waals surface area contributed by atoms with Crippen LogP contribution in [0.25, 0.3) is 0 Å². The molecule has 0 spiro atoms. The minimum atomic E-state index is -3.25. The van der Waals surface area contributed by atoms with Crippen molar-refractivity contribution < 1.29 is 13.2 Å². The molecule has 0 heterocycles. The maximum Gasteiger partial charge on any atom is 0.209 e. The Bertz CT molecular complexity index is 299. The van der Waals surface area contributed by atoms with Crippen LogP contribution in [0.1, 0.15) is 57.8 Å². The van der Waals surface area contributed by atoms with Crippen molar-refractivity contribution in [2.24, 2.45) is 11.1 Å². The highest BCUT2D eigenvalue weighted by atomic mass is 32.2. The van der Waals surface area contributed by atoms with Gasteiger partial charge in [0.1, 0.15) is 0 Å². The molecule has 0 unspecified atom stereocenters. The lowest BCUT2D eigenvalue weighted by Crippen LogP contribution is -2.16. The normalized spacial score (nSPS) is 16.1. The molecule has 2 N–H and O–H groups in total. The molecule has 1 aliphatic carbocycles. The van der Waals surface area contributed by atoms with Crippen molar-refractivity contribution >= 4 is 10.0 Å². The summed E-state index contributed by atoms with van der Waals surface area (Å²) in [6.07, 6.45) is 10.3. The second-order valence-corrected chi connectivity index (χ2v) is 7.09. The fourth-order valence-corrected chi connectivity index (χ4v) is 2.53. The van der Waals surface area contributed by atoms with E-state index in [1.807, 2.05) is 0 Å². The van der Waals surface area contributed by atoms with E-state index in [1.54, 1.807) is 0 Å². The third kappa shape index (κ3) is 11.0. The number of ether oxygens (including phenoxy) is 1. The van der Waals surface area contributed by atoms with Gasteiger partial charge in [-0.05, 0) is 31.6 Å². The highest BCUT2D eigenvalue weighted by Crippen LogP contribution is 2.28.